The summed E-state index contributed by atoms with van der Waals surface area (Å²) in [6, 6.07) is -1.20. The number of phosphoric acid groups is 1. The van der Waals surface area contributed by atoms with E-state index in [9.17, 15) is 28.9 Å². The summed E-state index contributed by atoms with van der Waals surface area (Å²) in [6.07, 6.45) is 40.9. The maximum absolute atomic E-state index is 13.2. The van der Waals surface area contributed by atoms with Crippen LogP contribution in [0, 0.1) is 0 Å². The van der Waals surface area contributed by atoms with Crippen LogP contribution in [0.2, 0.25) is 0 Å². The molecule has 0 aromatic rings. The number of ether oxygens (including phenoxy) is 2. The van der Waals surface area contributed by atoms with Crippen molar-refractivity contribution in [2.75, 3.05) is 53.3 Å². The number of carbonyl (C=O) groups excluding carboxylic acids is 2. The number of unbranched alkanes of at least 4 members (excludes halogenated alkanes) is 8. The van der Waals surface area contributed by atoms with E-state index < -0.39 is 62.4 Å². The number of aliphatic hydroxyl groups excluding tert-OH is 1. The van der Waals surface area contributed by atoms with Crippen LogP contribution >= 0.6 is 19.6 Å². The Hall–Kier alpha value is -3.07. The van der Waals surface area contributed by atoms with Gasteiger partial charge in [0.1, 0.15) is 25.8 Å². The molecule has 0 aliphatic heterocycles. The summed E-state index contributed by atoms with van der Waals surface area (Å²) in [6.45, 7) is 3.45. The van der Waals surface area contributed by atoms with Crippen LogP contribution in [0.1, 0.15) is 129 Å². The summed E-state index contributed by atoms with van der Waals surface area (Å²) in [5.74, 6) is -2.36. The van der Waals surface area contributed by atoms with E-state index in [4.69, 9.17) is 29.4 Å². The topological polar surface area (TPSA) is 195 Å². The summed E-state index contributed by atoms with van der Waals surface area (Å²) >= 11 is 1.19. The molecule has 0 saturated heterocycles. The fourth-order valence-corrected chi connectivity index (χ4v) is 7.48. The van der Waals surface area contributed by atoms with Crippen LogP contribution < -0.4 is 10.6 Å². The van der Waals surface area contributed by atoms with Crippen molar-refractivity contribution in [1.82, 2.24) is 0 Å². The van der Waals surface area contributed by atoms with Gasteiger partial charge >= 0.3 is 17.9 Å². The zero-order valence-electron chi connectivity index (χ0n) is 39.6. The van der Waals surface area contributed by atoms with Crippen LogP contribution in [0.4, 0.5) is 0 Å². The van der Waals surface area contributed by atoms with Gasteiger partial charge in [0.15, 0.2) is 6.10 Å². The highest BCUT2D eigenvalue weighted by molar-refractivity contribution is 8.00. The molecule has 0 spiro atoms. The Morgan fingerprint density at radius 1 is 0.750 bits per heavy atom. The van der Waals surface area contributed by atoms with Crippen LogP contribution in [-0.4, -0.2) is 109 Å². The third kappa shape index (κ3) is 40.4. The second-order valence-electron chi connectivity index (χ2n) is 16.6. The van der Waals surface area contributed by atoms with Crippen molar-refractivity contribution in [3.05, 3.63) is 85.1 Å². The lowest BCUT2D eigenvalue weighted by Gasteiger charge is -2.28. The molecule has 0 bridgehead atoms. The Balaban J connectivity index is 5.31. The van der Waals surface area contributed by atoms with E-state index in [2.05, 4.69) is 62.5 Å². The lowest BCUT2D eigenvalue weighted by molar-refractivity contribution is -0.870. The van der Waals surface area contributed by atoms with Crippen LogP contribution in [0.15, 0.2) is 85.1 Å². The maximum Gasteiger partial charge on any atom is 0.324 e. The highest BCUT2D eigenvalue weighted by Crippen LogP contribution is 2.38. The number of aliphatic carboxylic acids is 1. The fraction of sp³-hybridized carbons (Fsp3) is 0.653. The number of nitrogens with two attached hydrogens (primary N) is 1. The Morgan fingerprint density at radius 2 is 1.36 bits per heavy atom. The van der Waals surface area contributed by atoms with Crippen LogP contribution in [0.5, 0.6) is 0 Å². The summed E-state index contributed by atoms with van der Waals surface area (Å²) < 4.78 is 34.0. The molecule has 15 heteroatoms. The number of carboxylic acid groups (broad SMARTS) is 1. The Morgan fingerprint density at radius 3 is 2.02 bits per heavy atom. The quantitative estimate of drug-likeness (QED) is 0.0131. The SMILES string of the molecule is CC/C=C\C/C=C\C/C=C\CCCCCCCC(=O)OC[C@H](COP(=O)([O-])OCC[N+](C)(C)C)OC(=O)[C@@H](N)CS[C@H](/C=C/C=C/C=C\C/C=C\CCCCC)[C@@H](O)CCCC(=O)O. The first-order valence-corrected chi connectivity index (χ1v) is 25.7. The van der Waals surface area contributed by atoms with Crippen molar-refractivity contribution in [2.45, 2.75) is 153 Å². The van der Waals surface area contributed by atoms with E-state index in [1.54, 1.807) is 12.2 Å². The Bertz CT molecular complexity index is 1490. The molecule has 1 unspecified atom stereocenters. The number of thioether (sulfide) groups is 1. The lowest BCUT2D eigenvalue weighted by Crippen LogP contribution is -2.40. The predicted molar refractivity (Wildman–Crippen MR) is 260 cm³/mol. The number of allylic oxidation sites excluding steroid dienone is 13. The predicted octanol–water partition coefficient (Wildman–Crippen LogP) is 9.48. The average Bonchev–Trinajstić information content (AvgIpc) is 3.23. The minimum absolute atomic E-state index is 0.00441. The number of hydrogen-bond acceptors (Lipinski definition) is 12. The normalized spacial score (nSPS) is 15.6. The van der Waals surface area contributed by atoms with Gasteiger partial charge in [0.2, 0.25) is 0 Å². The van der Waals surface area contributed by atoms with Crippen LogP contribution in [0.25, 0.3) is 0 Å². The van der Waals surface area contributed by atoms with Crippen molar-refractivity contribution >= 4 is 37.5 Å². The fourth-order valence-electron chi connectivity index (χ4n) is 5.62. The lowest BCUT2D eigenvalue weighted by atomic mass is 10.1. The molecule has 0 radical (unpaired) electrons. The number of quaternary nitrogens is 1. The van der Waals surface area contributed by atoms with Crippen molar-refractivity contribution in [1.29, 1.82) is 0 Å². The summed E-state index contributed by atoms with van der Waals surface area (Å²) in [5, 5.41) is 19.5. The van der Waals surface area contributed by atoms with E-state index >= 15 is 0 Å². The highest BCUT2D eigenvalue weighted by atomic mass is 32.2. The largest absolute Gasteiger partial charge is 0.756 e. The van der Waals surface area contributed by atoms with Crippen molar-refractivity contribution < 1.29 is 57.1 Å². The molecule has 0 aromatic heterocycles. The van der Waals surface area contributed by atoms with Crippen LogP contribution in [-0.2, 0) is 37.5 Å². The van der Waals surface area contributed by atoms with Gasteiger partial charge in [-0.2, -0.15) is 0 Å². The minimum Gasteiger partial charge on any atom is -0.756 e. The summed E-state index contributed by atoms with van der Waals surface area (Å²) in [7, 11) is 0.841. The van der Waals surface area contributed by atoms with Crippen molar-refractivity contribution in [3.63, 3.8) is 0 Å². The number of nitrogens with zero attached hydrogens (tertiary/aromatic N) is 1. The molecule has 0 rings (SSSR count). The number of esters is 2. The first-order valence-electron chi connectivity index (χ1n) is 23.2. The smallest absolute Gasteiger partial charge is 0.324 e. The van der Waals surface area contributed by atoms with Gasteiger partial charge in [0.25, 0.3) is 7.82 Å². The Labute approximate surface area is 390 Å². The number of carbonyl (C=O) groups is 3. The number of carboxylic acids is 1. The first kappa shape index (κ1) is 60.9. The molecular weight excluding hydrogens is 856 g/mol. The van der Waals surface area contributed by atoms with Gasteiger partial charge in [-0.1, -0.05) is 131 Å². The molecule has 0 fully saturated rings. The average molecular weight is 939 g/mol. The molecule has 13 nitrogen and oxygen atoms in total. The van der Waals surface area contributed by atoms with E-state index in [0.717, 1.165) is 64.2 Å². The second kappa shape index (κ2) is 40.2. The summed E-state index contributed by atoms with van der Waals surface area (Å²) in [4.78, 5) is 49.5. The molecule has 366 valence electrons. The molecule has 0 aliphatic carbocycles. The number of phosphoric ester groups is 1. The van der Waals surface area contributed by atoms with Gasteiger partial charge in [0.05, 0.1) is 33.9 Å². The molecule has 4 N–H and O–H groups in total. The number of aliphatic hydroxyl groups is 1. The first-order chi connectivity index (χ1) is 30.6. The zero-order valence-corrected chi connectivity index (χ0v) is 41.3. The molecule has 0 aromatic carbocycles. The third-order valence-electron chi connectivity index (χ3n) is 9.40. The van der Waals surface area contributed by atoms with E-state index in [-0.39, 0.29) is 38.0 Å². The standard InChI is InChI=1S/C49H83N2O11PS/c1-6-8-10-12-14-16-18-20-21-22-24-26-28-30-32-37-48(55)59-40-43(41-61-63(57,58)60-39-38-51(3,4)5)62-49(56)44(50)42-64-46(45(52)34-33-36-47(53)54)35-31-29-27-25-23-19-17-15-13-11-9-7-2/h8,10,14-17,20-21,23,25,27,29,31,35,43-46,52H,6-7,9,11-13,18-19,22,24,26,28,30,32-34,36-42,50H2,1-5H3,(H-,53,54,57,58)/b10-8-,16-14-,17-15-,21-20-,25-23-,29-27+,35-31+/t43-,44+,45+,46-/m1/s1. The van der Waals surface area contributed by atoms with Crippen molar-refractivity contribution in [3.8, 4) is 0 Å². The van der Waals surface area contributed by atoms with Gasteiger partial charge in [-0.25, -0.2) is 0 Å². The second-order valence-corrected chi connectivity index (χ2v) is 19.2. The molecular formula is C49H83N2O11PS. The van der Waals surface area contributed by atoms with Crippen LogP contribution in [0.3, 0.4) is 0 Å². The molecule has 64 heavy (non-hydrogen) atoms. The molecule has 0 heterocycles. The summed E-state index contributed by atoms with van der Waals surface area (Å²) in [5.41, 5.74) is 6.23. The van der Waals surface area contributed by atoms with Gasteiger partial charge < -0.3 is 43.8 Å². The molecule has 0 aliphatic rings. The number of rotatable bonds is 41. The Kier molecular flexibility index (Phi) is 38.3. The van der Waals surface area contributed by atoms with Crippen molar-refractivity contribution in [2.24, 2.45) is 5.73 Å². The minimum atomic E-state index is -4.80. The monoisotopic (exact) mass is 939 g/mol. The highest BCUT2D eigenvalue weighted by Gasteiger charge is 2.26. The van der Waals surface area contributed by atoms with E-state index in [1.807, 2.05) is 45.4 Å². The zero-order chi connectivity index (χ0) is 47.7. The van der Waals surface area contributed by atoms with Gasteiger partial charge in [0, 0.05) is 23.8 Å². The van der Waals surface area contributed by atoms with Gasteiger partial charge in [-0.05, 0) is 70.6 Å². The molecule has 0 amide bonds. The number of hydrogen-bond donors (Lipinski definition) is 3. The number of likely N-dealkylation sites (N-methyl/N-ethyl adjacent to an activating group) is 1. The third-order valence-corrected chi connectivity index (χ3v) is 11.8. The van der Waals surface area contributed by atoms with E-state index in [0.29, 0.717) is 17.4 Å². The van der Waals surface area contributed by atoms with E-state index in [1.165, 1.54) is 31.0 Å². The van der Waals surface area contributed by atoms with Gasteiger partial charge in [-0.3, -0.25) is 18.9 Å². The maximum atomic E-state index is 13.2. The molecule has 0 saturated carbocycles. The van der Waals surface area contributed by atoms with Gasteiger partial charge in [-0.15, -0.1) is 11.8 Å². The molecule has 5 atom stereocenters.